The number of nitrogens with one attached hydrogen (secondary N) is 2. The first-order chi connectivity index (χ1) is 10.9. The van der Waals surface area contributed by atoms with Gasteiger partial charge in [-0.2, -0.15) is 4.31 Å². The summed E-state index contributed by atoms with van der Waals surface area (Å²) in [4.78, 5) is 14.3. The van der Waals surface area contributed by atoms with E-state index in [1.54, 1.807) is 4.90 Å². The van der Waals surface area contributed by atoms with Crippen LogP contribution in [0, 0.1) is 0 Å². The Morgan fingerprint density at radius 3 is 2.35 bits per heavy atom. The molecule has 23 heavy (non-hydrogen) atoms. The zero-order valence-corrected chi connectivity index (χ0v) is 13.9. The molecule has 1 amide bonds. The molecular formula is C15H22N4O3S. The lowest BCUT2D eigenvalue weighted by Crippen LogP contribution is -2.54. The van der Waals surface area contributed by atoms with Crippen molar-refractivity contribution in [2.45, 2.75) is 18.5 Å². The summed E-state index contributed by atoms with van der Waals surface area (Å²) in [5.41, 5.74) is 7.39. The van der Waals surface area contributed by atoms with Gasteiger partial charge in [-0.15, -0.1) is 0 Å². The Kier molecular flexibility index (Phi) is 4.67. The lowest BCUT2D eigenvalue weighted by atomic mass is 10.0. The molecule has 0 aromatic heterocycles. The van der Waals surface area contributed by atoms with Crippen LogP contribution < -0.4 is 10.9 Å². The SMILES string of the molecule is CS(=O)(=O)N1CCN(C(=O)C2CC(c3ccccc3)NN2)CC1. The zero-order valence-electron chi connectivity index (χ0n) is 13.1. The minimum Gasteiger partial charge on any atom is -0.339 e. The number of benzene rings is 1. The highest BCUT2D eigenvalue weighted by Gasteiger charge is 2.34. The maximum absolute atomic E-state index is 12.6. The highest BCUT2D eigenvalue weighted by atomic mass is 32.2. The normalized spacial score (nSPS) is 26.4. The van der Waals surface area contributed by atoms with E-state index in [4.69, 9.17) is 0 Å². The number of hydrogen-bond donors (Lipinski definition) is 2. The number of amides is 1. The van der Waals surface area contributed by atoms with Gasteiger partial charge in [-0.25, -0.2) is 19.3 Å². The predicted molar refractivity (Wildman–Crippen MR) is 86.9 cm³/mol. The Balaban J connectivity index is 1.56. The van der Waals surface area contributed by atoms with Crippen LogP contribution in [-0.2, 0) is 14.8 Å². The number of carbonyl (C=O) groups excluding carboxylic acids is 1. The monoisotopic (exact) mass is 338 g/mol. The molecule has 3 rings (SSSR count). The molecule has 8 heteroatoms. The van der Waals surface area contributed by atoms with E-state index >= 15 is 0 Å². The van der Waals surface area contributed by atoms with E-state index in [0.717, 1.165) is 5.56 Å². The average molecular weight is 338 g/mol. The molecule has 2 heterocycles. The predicted octanol–water partition coefficient (Wildman–Crippen LogP) is -0.302. The zero-order chi connectivity index (χ0) is 16.4. The third kappa shape index (κ3) is 3.72. The van der Waals surface area contributed by atoms with Gasteiger partial charge in [0.2, 0.25) is 15.9 Å². The first-order valence-corrected chi connectivity index (χ1v) is 9.60. The van der Waals surface area contributed by atoms with Crippen LogP contribution in [0.25, 0.3) is 0 Å². The molecule has 126 valence electrons. The number of piperazine rings is 1. The summed E-state index contributed by atoms with van der Waals surface area (Å²) in [6.45, 7) is 1.62. The van der Waals surface area contributed by atoms with Crippen LogP contribution in [0.1, 0.15) is 18.0 Å². The second-order valence-electron chi connectivity index (χ2n) is 6.03. The fourth-order valence-electron chi connectivity index (χ4n) is 3.08. The molecule has 2 aliphatic rings. The minimum atomic E-state index is -3.17. The molecule has 1 aromatic rings. The molecule has 7 nitrogen and oxygen atoms in total. The molecule has 2 atom stereocenters. The van der Waals surface area contributed by atoms with E-state index in [1.165, 1.54) is 10.6 Å². The van der Waals surface area contributed by atoms with E-state index < -0.39 is 10.0 Å². The van der Waals surface area contributed by atoms with Crippen molar-refractivity contribution < 1.29 is 13.2 Å². The number of nitrogens with zero attached hydrogens (tertiary/aromatic N) is 2. The number of hydrogen-bond acceptors (Lipinski definition) is 5. The Morgan fingerprint density at radius 2 is 1.74 bits per heavy atom. The molecule has 0 bridgehead atoms. The Hall–Kier alpha value is -1.48. The van der Waals surface area contributed by atoms with Crippen LogP contribution in [0.5, 0.6) is 0 Å². The van der Waals surface area contributed by atoms with Crippen molar-refractivity contribution in [3.63, 3.8) is 0 Å². The maximum atomic E-state index is 12.6. The Bertz CT molecular complexity index is 657. The van der Waals surface area contributed by atoms with Crippen molar-refractivity contribution in [1.29, 1.82) is 0 Å². The van der Waals surface area contributed by atoms with Crippen molar-refractivity contribution in [3.05, 3.63) is 35.9 Å². The summed E-state index contributed by atoms with van der Waals surface area (Å²) < 4.78 is 24.5. The summed E-state index contributed by atoms with van der Waals surface area (Å²) in [7, 11) is -3.17. The highest BCUT2D eigenvalue weighted by Crippen LogP contribution is 2.23. The summed E-state index contributed by atoms with van der Waals surface area (Å²) in [6.07, 6.45) is 1.90. The highest BCUT2D eigenvalue weighted by molar-refractivity contribution is 7.88. The van der Waals surface area contributed by atoms with Gasteiger partial charge in [0.05, 0.1) is 6.26 Å². The number of rotatable bonds is 3. The number of carbonyl (C=O) groups is 1. The Labute approximate surface area is 136 Å². The van der Waals surface area contributed by atoms with Crippen LogP contribution >= 0.6 is 0 Å². The molecular weight excluding hydrogens is 316 g/mol. The third-order valence-corrected chi connectivity index (χ3v) is 5.73. The van der Waals surface area contributed by atoms with Gasteiger partial charge in [0.1, 0.15) is 6.04 Å². The maximum Gasteiger partial charge on any atom is 0.241 e. The summed E-state index contributed by atoms with van der Waals surface area (Å²) in [5.74, 6) is 0.0316. The van der Waals surface area contributed by atoms with Crippen molar-refractivity contribution in [2.24, 2.45) is 0 Å². The standard InChI is InChI=1S/C15H22N4O3S/c1-23(21,22)19-9-7-18(8-10-19)15(20)14-11-13(16-17-14)12-5-3-2-4-6-12/h2-6,13-14,16-17H,7-11H2,1H3. The largest absolute Gasteiger partial charge is 0.339 e. The Morgan fingerprint density at radius 1 is 1.09 bits per heavy atom. The van der Waals surface area contributed by atoms with Gasteiger partial charge in [-0.3, -0.25) is 4.79 Å². The number of hydrazine groups is 1. The van der Waals surface area contributed by atoms with Gasteiger partial charge in [-0.05, 0) is 12.0 Å². The van der Waals surface area contributed by atoms with Gasteiger partial charge in [0.15, 0.2) is 0 Å². The molecule has 0 saturated carbocycles. The minimum absolute atomic E-state index is 0.0316. The molecule has 2 N–H and O–H groups in total. The summed E-state index contributed by atoms with van der Waals surface area (Å²) in [6, 6.07) is 9.85. The average Bonchev–Trinajstić information content (AvgIpc) is 3.04. The second-order valence-corrected chi connectivity index (χ2v) is 8.01. The molecule has 2 fully saturated rings. The lowest BCUT2D eigenvalue weighted by molar-refractivity contribution is -0.134. The van der Waals surface area contributed by atoms with Gasteiger partial charge < -0.3 is 4.90 Å². The van der Waals surface area contributed by atoms with Gasteiger partial charge in [0, 0.05) is 32.2 Å². The fourth-order valence-corrected chi connectivity index (χ4v) is 3.91. The van der Waals surface area contributed by atoms with E-state index in [2.05, 4.69) is 10.9 Å². The molecule has 0 radical (unpaired) electrons. The third-order valence-electron chi connectivity index (χ3n) is 4.42. The van der Waals surface area contributed by atoms with Crippen LogP contribution in [-0.4, -0.2) is 62.0 Å². The van der Waals surface area contributed by atoms with Gasteiger partial charge in [-0.1, -0.05) is 30.3 Å². The van der Waals surface area contributed by atoms with Gasteiger partial charge in [0.25, 0.3) is 0 Å². The molecule has 0 aliphatic carbocycles. The van der Waals surface area contributed by atoms with Crippen LogP contribution in [0.15, 0.2) is 30.3 Å². The first-order valence-electron chi connectivity index (χ1n) is 7.75. The first kappa shape index (κ1) is 16.4. The van der Waals surface area contributed by atoms with Crippen molar-refractivity contribution in [3.8, 4) is 0 Å². The van der Waals surface area contributed by atoms with Crippen LogP contribution in [0.2, 0.25) is 0 Å². The molecule has 1 aromatic carbocycles. The fraction of sp³-hybridized carbons (Fsp3) is 0.533. The number of sulfonamides is 1. The van der Waals surface area contributed by atoms with Crippen molar-refractivity contribution in [2.75, 3.05) is 32.4 Å². The van der Waals surface area contributed by atoms with Crippen molar-refractivity contribution >= 4 is 15.9 Å². The molecule has 0 spiro atoms. The van der Waals surface area contributed by atoms with E-state index in [-0.39, 0.29) is 18.0 Å². The topological polar surface area (TPSA) is 81.8 Å². The quantitative estimate of drug-likeness (QED) is 0.791. The van der Waals surface area contributed by atoms with E-state index in [0.29, 0.717) is 32.6 Å². The molecule has 2 saturated heterocycles. The summed E-state index contributed by atoms with van der Waals surface area (Å²) in [5, 5.41) is 0. The van der Waals surface area contributed by atoms with E-state index in [9.17, 15) is 13.2 Å². The second kappa shape index (κ2) is 6.56. The smallest absolute Gasteiger partial charge is 0.241 e. The lowest BCUT2D eigenvalue weighted by Gasteiger charge is -2.34. The van der Waals surface area contributed by atoms with E-state index in [1.807, 2.05) is 30.3 Å². The van der Waals surface area contributed by atoms with Crippen LogP contribution in [0.4, 0.5) is 0 Å². The summed E-state index contributed by atoms with van der Waals surface area (Å²) >= 11 is 0. The van der Waals surface area contributed by atoms with Crippen molar-refractivity contribution in [1.82, 2.24) is 20.1 Å². The van der Waals surface area contributed by atoms with Crippen LogP contribution in [0.3, 0.4) is 0 Å². The molecule has 2 unspecified atom stereocenters. The molecule has 2 aliphatic heterocycles. The van der Waals surface area contributed by atoms with Gasteiger partial charge >= 0.3 is 0 Å².